The van der Waals surface area contributed by atoms with Gasteiger partial charge in [-0.25, -0.2) is 9.37 Å². The zero-order valence-corrected chi connectivity index (χ0v) is 13.4. The highest BCUT2D eigenvalue weighted by molar-refractivity contribution is 6.04. The molecule has 0 fully saturated rings. The Morgan fingerprint density at radius 3 is 2.81 bits per heavy atom. The molecular weight excluding hydrogens is 318 g/mol. The molecule has 0 aliphatic rings. The molecule has 1 atom stereocenters. The highest BCUT2D eigenvalue weighted by atomic mass is 35.5. The van der Waals surface area contributed by atoms with Crippen molar-refractivity contribution in [3.8, 4) is 0 Å². The van der Waals surface area contributed by atoms with Crippen LogP contribution in [0.25, 0.3) is 11.0 Å². The number of H-pyrrole nitrogens is 1. The number of imidazole rings is 1. The SMILES string of the molecule is CCN[C@H](C)CNC(=O)c1cc(F)cc2[nH]cnc12.Cl.Cl. The Labute approximate surface area is 134 Å². The molecule has 8 heteroatoms. The molecule has 0 saturated carbocycles. The monoisotopic (exact) mass is 336 g/mol. The standard InChI is InChI=1S/C13H17FN4O.2ClH/c1-3-15-8(2)6-16-13(19)10-4-9(14)5-11-12(10)18-7-17-11;;/h4-5,7-8,15H,3,6H2,1-2H3,(H,16,19)(H,17,18);2*1H/t8-;;/m1../s1. The van der Waals surface area contributed by atoms with E-state index in [2.05, 4.69) is 20.6 Å². The lowest BCUT2D eigenvalue weighted by Gasteiger charge is -2.13. The number of benzene rings is 1. The maximum absolute atomic E-state index is 13.4. The molecule has 0 spiro atoms. The fourth-order valence-electron chi connectivity index (χ4n) is 1.95. The van der Waals surface area contributed by atoms with Crippen LogP contribution in [-0.4, -0.2) is 35.0 Å². The van der Waals surface area contributed by atoms with Crippen molar-refractivity contribution in [2.24, 2.45) is 0 Å². The molecule has 1 aromatic carbocycles. The van der Waals surface area contributed by atoms with Crippen LogP contribution in [0.4, 0.5) is 4.39 Å². The molecule has 1 amide bonds. The molecule has 0 unspecified atom stereocenters. The first-order valence-electron chi connectivity index (χ1n) is 6.26. The van der Waals surface area contributed by atoms with Gasteiger partial charge in [0.25, 0.3) is 5.91 Å². The number of aromatic amines is 1. The van der Waals surface area contributed by atoms with Crippen molar-refractivity contribution in [2.75, 3.05) is 13.1 Å². The number of carbonyl (C=O) groups is 1. The number of hydrogen-bond donors (Lipinski definition) is 3. The minimum absolute atomic E-state index is 0. The molecule has 0 radical (unpaired) electrons. The predicted octanol–water partition coefficient (Wildman–Crippen LogP) is 2.27. The second-order valence-electron chi connectivity index (χ2n) is 4.42. The molecule has 1 aromatic heterocycles. The van der Waals surface area contributed by atoms with Crippen LogP contribution in [0.3, 0.4) is 0 Å². The Morgan fingerprint density at radius 2 is 2.14 bits per heavy atom. The van der Waals surface area contributed by atoms with E-state index in [1.807, 2.05) is 13.8 Å². The van der Waals surface area contributed by atoms with E-state index >= 15 is 0 Å². The second-order valence-corrected chi connectivity index (χ2v) is 4.42. The van der Waals surface area contributed by atoms with Gasteiger partial charge in [-0.15, -0.1) is 24.8 Å². The van der Waals surface area contributed by atoms with E-state index in [1.54, 1.807) is 0 Å². The number of nitrogens with zero attached hydrogens (tertiary/aromatic N) is 1. The Hall–Kier alpha value is -1.37. The molecule has 0 bridgehead atoms. The van der Waals surface area contributed by atoms with Gasteiger partial charge < -0.3 is 15.6 Å². The topological polar surface area (TPSA) is 69.8 Å². The molecule has 0 aliphatic heterocycles. The first-order valence-corrected chi connectivity index (χ1v) is 6.26. The van der Waals surface area contributed by atoms with E-state index in [-0.39, 0.29) is 42.3 Å². The summed E-state index contributed by atoms with van der Waals surface area (Å²) in [5.74, 6) is -0.775. The molecule has 118 valence electrons. The lowest BCUT2D eigenvalue weighted by Crippen LogP contribution is -2.38. The third kappa shape index (κ3) is 4.84. The fraction of sp³-hybridized carbons (Fsp3) is 0.385. The van der Waals surface area contributed by atoms with Gasteiger partial charge in [-0.2, -0.15) is 0 Å². The third-order valence-corrected chi connectivity index (χ3v) is 2.85. The summed E-state index contributed by atoms with van der Waals surface area (Å²) in [4.78, 5) is 18.9. The zero-order chi connectivity index (χ0) is 13.8. The summed E-state index contributed by atoms with van der Waals surface area (Å²) in [6.07, 6.45) is 1.45. The average molecular weight is 337 g/mol. The number of fused-ring (bicyclic) bond motifs is 1. The first kappa shape index (κ1) is 19.6. The molecule has 0 saturated heterocycles. The van der Waals surface area contributed by atoms with Crippen molar-refractivity contribution in [2.45, 2.75) is 19.9 Å². The second kappa shape index (κ2) is 8.81. The van der Waals surface area contributed by atoms with Crippen molar-refractivity contribution < 1.29 is 9.18 Å². The highest BCUT2D eigenvalue weighted by Gasteiger charge is 2.14. The van der Waals surface area contributed by atoms with Crippen molar-refractivity contribution in [1.82, 2.24) is 20.6 Å². The average Bonchev–Trinajstić information content (AvgIpc) is 2.83. The molecule has 2 aromatic rings. The molecule has 21 heavy (non-hydrogen) atoms. The number of halogens is 3. The Kier molecular flexibility index (Phi) is 8.24. The molecule has 0 aliphatic carbocycles. The first-order chi connectivity index (χ1) is 9.11. The van der Waals surface area contributed by atoms with Gasteiger partial charge in [0, 0.05) is 12.6 Å². The summed E-state index contributed by atoms with van der Waals surface area (Å²) in [6, 6.07) is 2.69. The van der Waals surface area contributed by atoms with Crippen LogP contribution in [0.2, 0.25) is 0 Å². The maximum atomic E-state index is 13.4. The normalized spacial score (nSPS) is 11.4. The number of likely N-dealkylation sites (N-methyl/N-ethyl adjacent to an activating group) is 1. The Morgan fingerprint density at radius 1 is 1.43 bits per heavy atom. The molecule has 5 nitrogen and oxygen atoms in total. The molecule has 1 heterocycles. The van der Waals surface area contributed by atoms with E-state index in [4.69, 9.17) is 0 Å². The van der Waals surface area contributed by atoms with Gasteiger partial charge in [-0.05, 0) is 25.6 Å². The lowest BCUT2D eigenvalue weighted by molar-refractivity contribution is 0.0951. The van der Waals surface area contributed by atoms with Crippen LogP contribution >= 0.6 is 24.8 Å². The Balaban J connectivity index is 0.00000200. The van der Waals surface area contributed by atoms with E-state index in [9.17, 15) is 9.18 Å². The molecule has 2 rings (SSSR count). The van der Waals surface area contributed by atoms with Crippen molar-refractivity contribution >= 4 is 41.8 Å². The summed E-state index contributed by atoms with van der Waals surface area (Å²) in [5, 5.41) is 5.96. The summed E-state index contributed by atoms with van der Waals surface area (Å²) < 4.78 is 13.4. The van der Waals surface area contributed by atoms with Gasteiger partial charge in [0.2, 0.25) is 0 Å². The van der Waals surface area contributed by atoms with Gasteiger partial charge >= 0.3 is 0 Å². The predicted molar refractivity (Wildman–Crippen MR) is 86.0 cm³/mol. The smallest absolute Gasteiger partial charge is 0.253 e. The Bertz CT molecular complexity index is 591. The quantitative estimate of drug-likeness (QED) is 0.784. The van der Waals surface area contributed by atoms with E-state index < -0.39 is 5.82 Å². The van der Waals surface area contributed by atoms with Crippen LogP contribution in [0.5, 0.6) is 0 Å². The number of hydrogen-bond acceptors (Lipinski definition) is 3. The minimum Gasteiger partial charge on any atom is -0.350 e. The van der Waals surface area contributed by atoms with E-state index in [1.165, 1.54) is 18.5 Å². The number of aromatic nitrogens is 2. The fourth-order valence-corrected chi connectivity index (χ4v) is 1.95. The summed E-state index contributed by atoms with van der Waals surface area (Å²) >= 11 is 0. The van der Waals surface area contributed by atoms with E-state index in [0.717, 1.165) is 6.54 Å². The van der Waals surface area contributed by atoms with Crippen LogP contribution in [0.15, 0.2) is 18.5 Å². The van der Waals surface area contributed by atoms with Crippen LogP contribution < -0.4 is 10.6 Å². The van der Waals surface area contributed by atoms with Crippen molar-refractivity contribution in [3.63, 3.8) is 0 Å². The third-order valence-electron chi connectivity index (χ3n) is 2.85. The number of nitrogens with one attached hydrogen (secondary N) is 3. The van der Waals surface area contributed by atoms with Gasteiger partial charge in [-0.3, -0.25) is 4.79 Å². The molecule has 3 N–H and O–H groups in total. The summed E-state index contributed by atoms with van der Waals surface area (Å²) in [7, 11) is 0. The van der Waals surface area contributed by atoms with E-state index in [0.29, 0.717) is 17.6 Å². The lowest BCUT2D eigenvalue weighted by atomic mass is 10.1. The number of amides is 1. The van der Waals surface area contributed by atoms with Crippen LogP contribution in [0, 0.1) is 5.82 Å². The zero-order valence-electron chi connectivity index (χ0n) is 11.8. The minimum atomic E-state index is -0.457. The number of rotatable bonds is 5. The molecular formula is C13H19Cl2FN4O. The summed E-state index contributed by atoms with van der Waals surface area (Å²) in [5.41, 5.74) is 1.25. The number of carbonyl (C=O) groups excluding carboxylic acids is 1. The largest absolute Gasteiger partial charge is 0.350 e. The van der Waals surface area contributed by atoms with Crippen molar-refractivity contribution in [3.05, 3.63) is 29.8 Å². The van der Waals surface area contributed by atoms with Gasteiger partial charge in [0.05, 0.1) is 17.4 Å². The highest BCUT2D eigenvalue weighted by Crippen LogP contribution is 2.16. The van der Waals surface area contributed by atoms with Crippen molar-refractivity contribution in [1.29, 1.82) is 0 Å². The van der Waals surface area contributed by atoms with Gasteiger partial charge in [0.15, 0.2) is 0 Å². The van der Waals surface area contributed by atoms with Crippen LogP contribution in [0.1, 0.15) is 24.2 Å². The maximum Gasteiger partial charge on any atom is 0.253 e. The van der Waals surface area contributed by atoms with Crippen LogP contribution in [-0.2, 0) is 0 Å². The summed E-state index contributed by atoms with van der Waals surface area (Å²) in [6.45, 7) is 5.29. The van der Waals surface area contributed by atoms with Gasteiger partial charge in [0.1, 0.15) is 11.3 Å². The van der Waals surface area contributed by atoms with Gasteiger partial charge in [-0.1, -0.05) is 6.92 Å².